The molecule has 17 heavy (non-hydrogen) atoms. The van der Waals surface area contributed by atoms with Crippen LogP contribution in [0.2, 0.25) is 0 Å². The Morgan fingerprint density at radius 2 is 2.29 bits per heavy atom. The standard InChI is InChI=1S/C12H10N2O2S/c1-16-12(15)10-8-14-11(17-10)5-4-9-3-2-6-13-7-9/h2-8H,1H3/b5-4+. The molecule has 0 unspecified atom stereocenters. The van der Waals surface area contributed by atoms with Gasteiger partial charge in [0.1, 0.15) is 9.88 Å². The second-order valence-electron chi connectivity index (χ2n) is 3.17. The monoisotopic (exact) mass is 246 g/mol. The molecule has 2 aromatic heterocycles. The summed E-state index contributed by atoms with van der Waals surface area (Å²) in [6.07, 6.45) is 8.72. The first-order valence-corrected chi connectivity index (χ1v) is 5.73. The van der Waals surface area contributed by atoms with Crippen LogP contribution in [-0.2, 0) is 4.74 Å². The molecule has 0 aliphatic rings. The number of hydrogen-bond donors (Lipinski definition) is 0. The van der Waals surface area contributed by atoms with Crippen LogP contribution >= 0.6 is 11.3 Å². The largest absolute Gasteiger partial charge is 0.465 e. The molecule has 0 aliphatic heterocycles. The fourth-order valence-corrected chi connectivity index (χ4v) is 1.94. The van der Waals surface area contributed by atoms with E-state index in [1.807, 2.05) is 24.3 Å². The van der Waals surface area contributed by atoms with E-state index in [1.54, 1.807) is 12.4 Å². The molecule has 0 bridgehead atoms. The Morgan fingerprint density at radius 1 is 1.41 bits per heavy atom. The molecule has 0 atom stereocenters. The maximum absolute atomic E-state index is 11.2. The molecule has 0 saturated heterocycles. The zero-order chi connectivity index (χ0) is 12.1. The van der Waals surface area contributed by atoms with Crippen LogP contribution in [0, 0.1) is 0 Å². The lowest BCUT2D eigenvalue weighted by atomic mass is 10.3. The van der Waals surface area contributed by atoms with Crippen LogP contribution in [0.25, 0.3) is 12.2 Å². The minimum atomic E-state index is -0.358. The lowest BCUT2D eigenvalue weighted by molar-refractivity contribution is 0.0606. The van der Waals surface area contributed by atoms with Crippen molar-refractivity contribution in [1.82, 2.24) is 9.97 Å². The number of methoxy groups -OCH3 is 1. The maximum atomic E-state index is 11.2. The summed E-state index contributed by atoms with van der Waals surface area (Å²) < 4.78 is 4.61. The molecule has 0 amide bonds. The first-order chi connectivity index (χ1) is 8.29. The van der Waals surface area contributed by atoms with E-state index in [4.69, 9.17) is 0 Å². The van der Waals surface area contributed by atoms with Crippen molar-refractivity contribution in [2.75, 3.05) is 7.11 Å². The molecule has 0 aromatic carbocycles. The van der Waals surface area contributed by atoms with Crippen molar-refractivity contribution in [2.24, 2.45) is 0 Å². The van der Waals surface area contributed by atoms with E-state index in [2.05, 4.69) is 14.7 Å². The highest BCUT2D eigenvalue weighted by Crippen LogP contribution is 2.16. The molecule has 4 nitrogen and oxygen atoms in total. The smallest absolute Gasteiger partial charge is 0.349 e. The average molecular weight is 246 g/mol. The normalized spacial score (nSPS) is 10.6. The van der Waals surface area contributed by atoms with Gasteiger partial charge < -0.3 is 4.74 Å². The van der Waals surface area contributed by atoms with Crippen LogP contribution in [0.1, 0.15) is 20.2 Å². The van der Waals surface area contributed by atoms with E-state index >= 15 is 0 Å². The number of carbonyl (C=O) groups excluding carboxylic acids is 1. The molecule has 0 spiro atoms. The van der Waals surface area contributed by atoms with E-state index in [-0.39, 0.29) is 5.97 Å². The molecule has 0 aliphatic carbocycles. The molecule has 2 rings (SSSR count). The highest BCUT2D eigenvalue weighted by atomic mass is 32.1. The number of rotatable bonds is 3. The third kappa shape index (κ3) is 2.98. The summed E-state index contributed by atoms with van der Waals surface area (Å²) in [5, 5.41) is 0.759. The molecule has 0 N–H and O–H groups in total. The third-order valence-electron chi connectivity index (χ3n) is 2.01. The number of carbonyl (C=O) groups is 1. The molecule has 0 saturated carbocycles. The van der Waals surface area contributed by atoms with Crippen molar-refractivity contribution in [3.8, 4) is 0 Å². The summed E-state index contributed by atoms with van der Waals surface area (Å²) in [4.78, 5) is 19.8. The van der Waals surface area contributed by atoms with E-state index in [1.165, 1.54) is 24.6 Å². The maximum Gasteiger partial charge on any atom is 0.349 e. The van der Waals surface area contributed by atoms with E-state index in [9.17, 15) is 4.79 Å². The van der Waals surface area contributed by atoms with Gasteiger partial charge in [-0.3, -0.25) is 4.98 Å². The Labute approximate surface area is 103 Å². The van der Waals surface area contributed by atoms with Crippen LogP contribution < -0.4 is 0 Å². The first kappa shape index (κ1) is 11.5. The Morgan fingerprint density at radius 3 is 3.00 bits per heavy atom. The molecule has 0 fully saturated rings. The number of pyridine rings is 1. The fourth-order valence-electron chi connectivity index (χ4n) is 1.20. The number of nitrogens with zero attached hydrogens (tertiary/aromatic N) is 2. The SMILES string of the molecule is COC(=O)c1cnc(/C=C/c2cccnc2)s1. The number of ether oxygens (including phenoxy) is 1. The van der Waals surface area contributed by atoms with Crippen molar-refractivity contribution < 1.29 is 9.53 Å². The van der Waals surface area contributed by atoms with Crippen molar-refractivity contribution >= 4 is 29.5 Å². The van der Waals surface area contributed by atoms with Gasteiger partial charge in [-0.25, -0.2) is 9.78 Å². The predicted molar refractivity (Wildman–Crippen MR) is 66.6 cm³/mol. The molecule has 5 heteroatoms. The van der Waals surface area contributed by atoms with Crippen molar-refractivity contribution in [3.05, 3.63) is 46.2 Å². The van der Waals surface area contributed by atoms with Gasteiger partial charge in [-0.1, -0.05) is 12.1 Å². The van der Waals surface area contributed by atoms with Gasteiger partial charge in [0.15, 0.2) is 0 Å². The number of thiazole rings is 1. The van der Waals surface area contributed by atoms with Crippen LogP contribution in [0.5, 0.6) is 0 Å². The quantitative estimate of drug-likeness (QED) is 0.781. The summed E-state index contributed by atoms with van der Waals surface area (Å²) >= 11 is 1.29. The first-order valence-electron chi connectivity index (χ1n) is 4.92. The summed E-state index contributed by atoms with van der Waals surface area (Å²) in [6.45, 7) is 0. The minimum absolute atomic E-state index is 0.358. The molecule has 0 radical (unpaired) electrons. The lowest BCUT2D eigenvalue weighted by Crippen LogP contribution is -1.96. The van der Waals surface area contributed by atoms with Crippen LogP contribution in [0.4, 0.5) is 0 Å². The molecular formula is C12H10N2O2S. The van der Waals surface area contributed by atoms with Gasteiger partial charge in [0, 0.05) is 12.4 Å². The van der Waals surface area contributed by atoms with Gasteiger partial charge in [-0.2, -0.15) is 0 Å². The van der Waals surface area contributed by atoms with Crippen molar-refractivity contribution in [3.63, 3.8) is 0 Å². The number of aromatic nitrogens is 2. The summed E-state index contributed by atoms with van der Waals surface area (Å²) in [5.41, 5.74) is 0.988. The molecular weight excluding hydrogens is 236 g/mol. The van der Waals surface area contributed by atoms with E-state index in [0.29, 0.717) is 4.88 Å². The average Bonchev–Trinajstić information content (AvgIpc) is 2.85. The fraction of sp³-hybridized carbons (Fsp3) is 0.0833. The zero-order valence-electron chi connectivity index (χ0n) is 9.16. The van der Waals surface area contributed by atoms with Gasteiger partial charge in [0.25, 0.3) is 0 Å². The van der Waals surface area contributed by atoms with Crippen molar-refractivity contribution in [1.29, 1.82) is 0 Å². The number of hydrogen-bond acceptors (Lipinski definition) is 5. The van der Waals surface area contributed by atoms with Gasteiger partial charge in [0.2, 0.25) is 0 Å². The summed E-state index contributed by atoms with van der Waals surface area (Å²) in [6, 6.07) is 3.81. The van der Waals surface area contributed by atoms with Gasteiger partial charge >= 0.3 is 5.97 Å². The molecule has 86 valence electrons. The Hall–Kier alpha value is -2.01. The lowest BCUT2D eigenvalue weighted by Gasteiger charge is -1.90. The summed E-state index contributed by atoms with van der Waals surface area (Å²) in [7, 11) is 1.35. The Bertz CT molecular complexity index is 534. The van der Waals surface area contributed by atoms with Gasteiger partial charge in [0.05, 0.1) is 13.3 Å². The highest BCUT2D eigenvalue weighted by Gasteiger charge is 2.08. The van der Waals surface area contributed by atoms with E-state index < -0.39 is 0 Å². The van der Waals surface area contributed by atoms with Crippen LogP contribution in [-0.4, -0.2) is 23.0 Å². The van der Waals surface area contributed by atoms with Gasteiger partial charge in [-0.05, 0) is 17.7 Å². The topological polar surface area (TPSA) is 52.1 Å². The van der Waals surface area contributed by atoms with Crippen LogP contribution in [0.3, 0.4) is 0 Å². The third-order valence-corrected chi connectivity index (χ3v) is 2.96. The second kappa shape index (κ2) is 5.36. The predicted octanol–water partition coefficient (Wildman–Crippen LogP) is 2.50. The number of esters is 1. The van der Waals surface area contributed by atoms with Crippen LogP contribution in [0.15, 0.2) is 30.7 Å². The Balaban J connectivity index is 2.12. The van der Waals surface area contributed by atoms with Crippen molar-refractivity contribution in [2.45, 2.75) is 0 Å². The highest BCUT2D eigenvalue weighted by molar-refractivity contribution is 7.14. The minimum Gasteiger partial charge on any atom is -0.465 e. The van der Waals surface area contributed by atoms with E-state index in [0.717, 1.165) is 10.6 Å². The Kier molecular flexibility index (Phi) is 3.62. The summed E-state index contributed by atoms with van der Waals surface area (Å²) in [5.74, 6) is -0.358. The molecule has 2 heterocycles. The zero-order valence-corrected chi connectivity index (χ0v) is 9.98. The van der Waals surface area contributed by atoms with Gasteiger partial charge in [-0.15, -0.1) is 11.3 Å². The molecule has 2 aromatic rings. The second-order valence-corrected chi connectivity index (χ2v) is 4.24.